The molecule has 3 amide bonds. The van der Waals surface area contributed by atoms with Crippen LogP contribution in [0.1, 0.15) is 23.3 Å². The number of nitrogens with zero attached hydrogens (tertiary/aromatic N) is 4. The summed E-state index contributed by atoms with van der Waals surface area (Å²) in [6.07, 6.45) is 4.64. The third-order valence-corrected chi connectivity index (χ3v) is 5.04. The molecule has 2 fully saturated rings. The van der Waals surface area contributed by atoms with E-state index in [0.717, 1.165) is 6.42 Å². The number of aryl methyl sites for hydroxylation is 1. The smallest absolute Gasteiger partial charge is 0.270 e. The number of rotatable bonds is 3. The molecule has 0 bridgehead atoms. The van der Waals surface area contributed by atoms with Crippen LogP contribution in [0, 0.1) is 0 Å². The van der Waals surface area contributed by atoms with Crippen LogP contribution in [-0.4, -0.2) is 75.8 Å². The Labute approximate surface area is 147 Å². The fraction of sp³-hybridized carbons (Fsp3) is 0.500. The van der Waals surface area contributed by atoms with E-state index in [4.69, 9.17) is 0 Å². The number of likely N-dealkylation sites (tertiary alicyclic amines) is 1. The molecule has 2 aliphatic rings. The molecule has 3 rings (SSSR count). The maximum Gasteiger partial charge on any atom is 0.270 e. The Kier molecular flexibility index (Phi) is 4.92. The van der Waals surface area contributed by atoms with Crippen molar-refractivity contribution in [3.8, 4) is 0 Å². The highest BCUT2D eigenvalue weighted by Crippen LogP contribution is 2.21. The summed E-state index contributed by atoms with van der Waals surface area (Å²) in [5, 5.41) is 0. The molecule has 134 valence electrons. The second-order valence-electron chi connectivity index (χ2n) is 6.52. The number of carbonyl (C=O) groups is 3. The van der Waals surface area contributed by atoms with Gasteiger partial charge in [0.1, 0.15) is 11.7 Å². The van der Waals surface area contributed by atoms with E-state index in [1.165, 1.54) is 6.08 Å². The van der Waals surface area contributed by atoms with E-state index >= 15 is 0 Å². The first kappa shape index (κ1) is 17.3. The molecular weight excluding hydrogens is 320 g/mol. The standard InChI is InChI=1S/C18H24N4O3/c1-3-16(23)22-9-5-7-15(22)18(25)21-12-10-20(11-13-21)17(24)14-6-4-8-19(14)2/h3-4,6,8,15H,1,5,7,9-13H2,2H3. The minimum atomic E-state index is -0.388. The van der Waals surface area contributed by atoms with Crippen molar-refractivity contribution in [3.63, 3.8) is 0 Å². The maximum atomic E-state index is 12.8. The molecule has 1 atom stereocenters. The van der Waals surface area contributed by atoms with Crippen molar-refractivity contribution >= 4 is 17.7 Å². The summed E-state index contributed by atoms with van der Waals surface area (Å²) in [4.78, 5) is 42.4. The molecule has 7 heteroatoms. The van der Waals surface area contributed by atoms with E-state index in [1.807, 2.05) is 19.3 Å². The molecule has 0 saturated carbocycles. The topological polar surface area (TPSA) is 65.9 Å². The highest BCUT2D eigenvalue weighted by Gasteiger charge is 2.37. The molecule has 1 unspecified atom stereocenters. The van der Waals surface area contributed by atoms with Crippen molar-refractivity contribution in [2.24, 2.45) is 7.05 Å². The lowest BCUT2D eigenvalue weighted by Crippen LogP contribution is -2.55. The van der Waals surface area contributed by atoms with Crippen LogP contribution in [0.2, 0.25) is 0 Å². The molecule has 7 nitrogen and oxygen atoms in total. The highest BCUT2D eigenvalue weighted by atomic mass is 16.2. The Hall–Kier alpha value is -2.57. The summed E-state index contributed by atoms with van der Waals surface area (Å²) < 4.78 is 1.80. The zero-order valence-corrected chi connectivity index (χ0v) is 14.6. The molecule has 1 aromatic heterocycles. The highest BCUT2D eigenvalue weighted by molar-refractivity contribution is 5.94. The van der Waals surface area contributed by atoms with Crippen LogP contribution in [0.25, 0.3) is 0 Å². The van der Waals surface area contributed by atoms with Crippen LogP contribution in [0.3, 0.4) is 0 Å². The van der Waals surface area contributed by atoms with Gasteiger partial charge in [0.15, 0.2) is 0 Å². The van der Waals surface area contributed by atoms with Crippen LogP contribution < -0.4 is 0 Å². The summed E-state index contributed by atoms with van der Waals surface area (Å²) in [5.74, 6) is -0.212. The van der Waals surface area contributed by atoms with Gasteiger partial charge in [0.05, 0.1) is 0 Å². The third-order valence-electron chi connectivity index (χ3n) is 5.04. The SMILES string of the molecule is C=CC(=O)N1CCCC1C(=O)N1CCN(C(=O)c2cccn2C)CC1. The quantitative estimate of drug-likeness (QED) is 0.750. The van der Waals surface area contributed by atoms with Crippen molar-refractivity contribution in [3.05, 3.63) is 36.7 Å². The average molecular weight is 344 g/mol. The van der Waals surface area contributed by atoms with E-state index in [9.17, 15) is 14.4 Å². The van der Waals surface area contributed by atoms with Gasteiger partial charge in [-0.15, -0.1) is 0 Å². The van der Waals surface area contributed by atoms with Gasteiger partial charge < -0.3 is 19.3 Å². The zero-order valence-electron chi connectivity index (χ0n) is 14.6. The van der Waals surface area contributed by atoms with Gasteiger partial charge in [-0.3, -0.25) is 14.4 Å². The monoisotopic (exact) mass is 344 g/mol. The number of hydrogen-bond donors (Lipinski definition) is 0. The van der Waals surface area contributed by atoms with Crippen molar-refractivity contribution in [2.45, 2.75) is 18.9 Å². The summed E-state index contributed by atoms with van der Waals surface area (Å²) in [7, 11) is 1.85. The molecule has 1 aromatic rings. The Morgan fingerprint density at radius 3 is 2.40 bits per heavy atom. The van der Waals surface area contributed by atoms with Crippen LogP contribution in [-0.2, 0) is 16.6 Å². The van der Waals surface area contributed by atoms with Gasteiger partial charge in [0.2, 0.25) is 11.8 Å². The van der Waals surface area contributed by atoms with E-state index in [-0.39, 0.29) is 23.8 Å². The maximum absolute atomic E-state index is 12.8. The van der Waals surface area contributed by atoms with E-state index < -0.39 is 0 Å². The average Bonchev–Trinajstić information content (AvgIpc) is 3.29. The van der Waals surface area contributed by atoms with Gasteiger partial charge in [-0.2, -0.15) is 0 Å². The Balaban J connectivity index is 1.59. The molecular formula is C18H24N4O3. The normalized spacial score (nSPS) is 20.7. The van der Waals surface area contributed by atoms with Gasteiger partial charge in [0.25, 0.3) is 5.91 Å². The fourth-order valence-electron chi connectivity index (χ4n) is 3.59. The Morgan fingerprint density at radius 1 is 1.12 bits per heavy atom. The number of aromatic nitrogens is 1. The van der Waals surface area contributed by atoms with Crippen LogP contribution in [0.5, 0.6) is 0 Å². The van der Waals surface area contributed by atoms with Gasteiger partial charge in [-0.25, -0.2) is 0 Å². The molecule has 0 N–H and O–H groups in total. The summed E-state index contributed by atoms with van der Waals surface area (Å²) in [6.45, 7) is 6.14. The number of carbonyl (C=O) groups excluding carboxylic acids is 3. The van der Waals surface area contributed by atoms with E-state index in [0.29, 0.717) is 44.8 Å². The first-order chi connectivity index (χ1) is 12.0. The minimum Gasteiger partial charge on any atom is -0.347 e. The lowest BCUT2D eigenvalue weighted by atomic mass is 10.1. The third kappa shape index (κ3) is 3.31. The van der Waals surface area contributed by atoms with Crippen molar-refractivity contribution < 1.29 is 14.4 Å². The first-order valence-corrected chi connectivity index (χ1v) is 8.65. The van der Waals surface area contributed by atoms with Crippen LogP contribution >= 0.6 is 0 Å². The molecule has 2 saturated heterocycles. The lowest BCUT2D eigenvalue weighted by Gasteiger charge is -2.37. The van der Waals surface area contributed by atoms with Crippen LogP contribution in [0.4, 0.5) is 0 Å². The molecule has 2 aliphatic heterocycles. The predicted molar refractivity (Wildman–Crippen MR) is 92.8 cm³/mol. The summed E-state index contributed by atoms with van der Waals surface area (Å²) in [6, 6.07) is 3.26. The summed E-state index contributed by atoms with van der Waals surface area (Å²) in [5.41, 5.74) is 0.651. The second-order valence-corrected chi connectivity index (χ2v) is 6.52. The predicted octanol–water partition coefficient (Wildman–Crippen LogP) is 0.487. The second kappa shape index (κ2) is 7.13. The number of amides is 3. The van der Waals surface area contributed by atoms with Crippen molar-refractivity contribution in [1.82, 2.24) is 19.3 Å². The molecule has 0 aliphatic carbocycles. The van der Waals surface area contributed by atoms with E-state index in [2.05, 4.69) is 6.58 Å². The fourth-order valence-corrected chi connectivity index (χ4v) is 3.59. The Bertz CT molecular complexity index is 688. The lowest BCUT2D eigenvalue weighted by molar-refractivity contribution is -0.142. The molecule has 0 aromatic carbocycles. The largest absolute Gasteiger partial charge is 0.347 e. The van der Waals surface area contributed by atoms with E-state index in [1.54, 1.807) is 25.3 Å². The zero-order chi connectivity index (χ0) is 18.0. The number of hydrogen-bond acceptors (Lipinski definition) is 3. The van der Waals surface area contributed by atoms with Crippen molar-refractivity contribution in [1.29, 1.82) is 0 Å². The van der Waals surface area contributed by atoms with Gasteiger partial charge in [0, 0.05) is 46.0 Å². The van der Waals surface area contributed by atoms with Crippen LogP contribution in [0.15, 0.2) is 31.0 Å². The van der Waals surface area contributed by atoms with Gasteiger partial charge in [-0.05, 0) is 31.1 Å². The number of piperazine rings is 1. The molecule has 0 spiro atoms. The Morgan fingerprint density at radius 2 is 1.80 bits per heavy atom. The van der Waals surface area contributed by atoms with Gasteiger partial charge in [-0.1, -0.05) is 6.58 Å². The molecule has 25 heavy (non-hydrogen) atoms. The minimum absolute atomic E-state index is 0.0103. The first-order valence-electron chi connectivity index (χ1n) is 8.65. The van der Waals surface area contributed by atoms with Crippen molar-refractivity contribution in [2.75, 3.05) is 32.7 Å². The van der Waals surface area contributed by atoms with Gasteiger partial charge >= 0.3 is 0 Å². The molecule has 0 radical (unpaired) electrons. The summed E-state index contributed by atoms with van der Waals surface area (Å²) >= 11 is 0. The molecule has 3 heterocycles.